The minimum Gasteiger partial charge on any atom is -0.480 e. The molecule has 0 spiro atoms. The second kappa shape index (κ2) is 5.91. The number of carbonyl (C=O) groups excluding carboxylic acids is 2. The standard InChI is InChI=1S/C14H22N2O4/c1-2-15-14(13(19)20)8-3-4-10(14)7-9-16-11(17)5-6-12(16)18/h10,15H,2-9H2,1H3,(H,19,20). The molecule has 0 aromatic heterocycles. The zero-order chi connectivity index (χ0) is 14.8. The minimum atomic E-state index is -0.888. The third kappa shape index (κ3) is 2.57. The Kier molecular flexibility index (Phi) is 4.42. The number of likely N-dealkylation sites (tertiary alicyclic amines) is 1. The molecule has 112 valence electrons. The van der Waals surface area contributed by atoms with Gasteiger partial charge in [0.2, 0.25) is 11.8 Å². The molecule has 2 amide bonds. The van der Waals surface area contributed by atoms with Gasteiger partial charge >= 0.3 is 5.97 Å². The average molecular weight is 282 g/mol. The number of imide groups is 1. The van der Waals surface area contributed by atoms with Crippen molar-refractivity contribution in [3.8, 4) is 0 Å². The average Bonchev–Trinajstić information content (AvgIpc) is 2.94. The lowest BCUT2D eigenvalue weighted by molar-refractivity contribution is -0.146. The normalized spacial score (nSPS) is 30.2. The Balaban J connectivity index is 2.02. The SMILES string of the molecule is CCNC1(C(=O)O)CCCC1CCN1C(=O)CCC1=O. The molecule has 0 radical (unpaired) electrons. The smallest absolute Gasteiger partial charge is 0.324 e. The monoisotopic (exact) mass is 282 g/mol. The van der Waals surface area contributed by atoms with Crippen molar-refractivity contribution >= 4 is 17.8 Å². The van der Waals surface area contributed by atoms with E-state index >= 15 is 0 Å². The first kappa shape index (κ1) is 15.0. The summed E-state index contributed by atoms with van der Waals surface area (Å²) in [7, 11) is 0. The van der Waals surface area contributed by atoms with Crippen LogP contribution in [0.15, 0.2) is 0 Å². The fourth-order valence-corrected chi connectivity index (χ4v) is 3.53. The molecule has 6 nitrogen and oxygen atoms in total. The first-order valence-electron chi connectivity index (χ1n) is 7.33. The van der Waals surface area contributed by atoms with Crippen molar-refractivity contribution in [2.24, 2.45) is 5.92 Å². The lowest BCUT2D eigenvalue weighted by Crippen LogP contribution is -2.55. The highest BCUT2D eigenvalue weighted by Gasteiger charge is 2.48. The molecule has 1 aliphatic carbocycles. The predicted molar refractivity (Wildman–Crippen MR) is 72.0 cm³/mol. The van der Waals surface area contributed by atoms with Gasteiger partial charge in [0.05, 0.1) is 0 Å². The maximum Gasteiger partial charge on any atom is 0.324 e. The van der Waals surface area contributed by atoms with E-state index in [2.05, 4.69) is 5.32 Å². The van der Waals surface area contributed by atoms with E-state index in [4.69, 9.17) is 0 Å². The highest BCUT2D eigenvalue weighted by Crippen LogP contribution is 2.38. The van der Waals surface area contributed by atoms with Crippen molar-refractivity contribution in [3.05, 3.63) is 0 Å². The maximum atomic E-state index is 11.6. The van der Waals surface area contributed by atoms with E-state index in [-0.39, 0.29) is 17.7 Å². The lowest BCUT2D eigenvalue weighted by Gasteiger charge is -2.33. The van der Waals surface area contributed by atoms with Gasteiger partial charge in [-0.15, -0.1) is 0 Å². The summed E-state index contributed by atoms with van der Waals surface area (Å²) in [6.45, 7) is 2.85. The molecule has 2 unspecified atom stereocenters. The molecule has 2 aliphatic rings. The Morgan fingerprint density at radius 1 is 1.40 bits per heavy atom. The summed E-state index contributed by atoms with van der Waals surface area (Å²) in [5.41, 5.74) is -0.888. The Morgan fingerprint density at radius 2 is 2.05 bits per heavy atom. The summed E-state index contributed by atoms with van der Waals surface area (Å²) >= 11 is 0. The minimum absolute atomic E-state index is 0.0267. The molecule has 2 rings (SSSR count). The van der Waals surface area contributed by atoms with Gasteiger partial charge in [0, 0.05) is 19.4 Å². The summed E-state index contributed by atoms with van der Waals surface area (Å²) in [5.74, 6) is -1.10. The van der Waals surface area contributed by atoms with E-state index in [9.17, 15) is 19.5 Å². The van der Waals surface area contributed by atoms with E-state index in [0.29, 0.717) is 38.8 Å². The van der Waals surface area contributed by atoms with E-state index in [0.717, 1.165) is 12.8 Å². The summed E-state index contributed by atoms with van der Waals surface area (Å²) in [6.07, 6.45) is 3.46. The predicted octanol–water partition coefficient (Wildman–Crippen LogP) is 0.758. The number of likely N-dealkylation sites (N-methyl/N-ethyl adjacent to an activating group) is 1. The molecule has 6 heteroatoms. The van der Waals surface area contributed by atoms with Crippen LogP contribution in [-0.4, -0.2) is 46.4 Å². The lowest BCUT2D eigenvalue weighted by atomic mass is 9.84. The van der Waals surface area contributed by atoms with E-state index in [1.54, 1.807) is 0 Å². The van der Waals surface area contributed by atoms with E-state index in [1.165, 1.54) is 4.90 Å². The van der Waals surface area contributed by atoms with Gasteiger partial charge in [0.25, 0.3) is 0 Å². The van der Waals surface area contributed by atoms with Crippen LogP contribution in [0.3, 0.4) is 0 Å². The van der Waals surface area contributed by atoms with Crippen molar-refractivity contribution in [1.29, 1.82) is 0 Å². The molecule has 0 bridgehead atoms. The van der Waals surface area contributed by atoms with Crippen LogP contribution in [-0.2, 0) is 14.4 Å². The molecule has 20 heavy (non-hydrogen) atoms. The first-order chi connectivity index (χ1) is 9.51. The largest absolute Gasteiger partial charge is 0.480 e. The van der Waals surface area contributed by atoms with Crippen molar-refractivity contribution in [3.63, 3.8) is 0 Å². The number of rotatable bonds is 6. The van der Waals surface area contributed by atoms with Gasteiger partial charge in [0.15, 0.2) is 0 Å². The quantitative estimate of drug-likeness (QED) is 0.702. The third-order valence-electron chi connectivity index (χ3n) is 4.55. The third-order valence-corrected chi connectivity index (χ3v) is 4.55. The second-order valence-electron chi connectivity index (χ2n) is 5.62. The van der Waals surface area contributed by atoms with Crippen molar-refractivity contribution in [1.82, 2.24) is 10.2 Å². The second-order valence-corrected chi connectivity index (χ2v) is 5.62. The molecular weight excluding hydrogens is 260 g/mol. The summed E-state index contributed by atoms with van der Waals surface area (Å²) in [4.78, 5) is 36.1. The summed E-state index contributed by atoms with van der Waals surface area (Å²) in [5, 5.41) is 12.7. The molecular formula is C14H22N2O4. The molecule has 0 aromatic carbocycles. The molecule has 1 aliphatic heterocycles. The van der Waals surface area contributed by atoms with Gasteiger partial charge < -0.3 is 10.4 Å². The van der Waals surface area contributed by atoms with Crippen LogP contribution in [0.2, 0.25) is 0 Å². The van der Waals surface area contributed by atoms with Gasteiger partial charge in [-0.25, -0.2) is 0 Å². The van der Waals surface area contributed by atoms with Gasteiger partial charge in [-0.3, -0.25) is 19.3 Å². The number of hydrogen-bond donors (Lipinski definition) is 2. The molecule has 1 saturated heterocycles. The molecule has 2 atom stereocenters. The topological polar surface area (TPSA) is 86.7 Å². The number of carboxylic acid groups (broad SMARTS) is 1. The summed E-state index contributed by atoms with van der Waals surface area (Å²) < 4.78 is 0. The van der Waals surface area contributed by atoms with Crippen LogP contribution >= 0.6 is 0 Å². The Hall–Kier alpha value is -1.43. The van der Waals surface area contributed by atoms with Gasteiger partial charge in [0.1, 0.15) is 5.54 Å². The Morgan fingerprint density at radius 3 is 2.60 bits per heavy atom. The van der Waals surface area contributed by atoms with Crippen LogP contribution < -0.4 is 5.32 Å². The maximum absolute atomic E-state index is 11.6. The Labute approximate surface area is 118 Å². The fourth-order valence-electron chi connectivity index (χ4n) is 3.53. The molecule has 2 N–H and O–H groups in total. The highest BCUT2D eigenvalue weighted by atomic mass is 16.4. The van der Waals surface area contributed by atoms with Crippen molar-refractivity contribution in [2.75, 3.05) is 13.1 Å². The van der Waals surface area contributed by atoms with Gasteiger partial charge in [-0.1, -0.05) is 13.3 Å². The Bertz CT molecular complexity index is 407. The van der Waals surface area contributed by atoms with Crippen LogP contribution in [0.25, 0.3) is 0 Å². The van der Waals surface area contributed by atoms with Gasteiger partial charge in [-0.05, 0) is 31.7 Å². The zero-order valence-corrected chi connectivity index (χ0v) is 11.9. The number of nitrogens with zero attached hydrogens (tertiary/aromatic N) is 1. The van der Waals surface area contributed by atoms with E-state index < -0.39 is 11.5 Å². The number of carbonyl (C=O) groups is 3. The first-order valence-corrected chi connectivity index (χ1v) is 7.33. The van der Waals surface area contributed by atoms with Crippen molar-refractivity contribution < 1.29 is 19.5 Å². The van der Waals surface area contributed by atoms with Crippen LogP contribution in [0, 0.1) is 5.92 Å². The zero-order valence-electron chi connectivity index (χ0n) is 11.9. The van der Waals surface area contributed by atoms with E-state index in [1.807, 2.05) is 6.92 Å². The number of hydrogen-bond acceptors (Lipinski definition) is 4. The molecule has 0 aromatic rings. The molecule has 1 heterocycles. The number of amides is 2. The number of carboxylic acids is 1. The van der Waals surface area contributed by atoms with Crippen LogP contribution in [0.5, 0.6) is 0 Å². The fraction of sp³-hybridized carbons (Fsp3) is 0.786. The highest BCUT2D eigenvalue weighted by molar-refractivity contribution is 6.01. The van der Waals surface area contributed by atoms with Gasteiger partial charge in [-0.2, -0.15) is 0 Å². The summed E-state index contributed by atoms with van der Waals surface area (Å²) in [6, 6.07) is 0. The number of nitrogens with one attached hydrogen (secondary N) is 1. The van der Waals surface area contributed by atoms with Crippen LogP contribution in [0.4, 0.5) is 0 Å². The number of aliphatic carboxylic acids is 1. The molecule has 2 fully saturated rings. The van der Waals surface area contributed by atoms with Crippen LogP contribution in [0.1, 0.15) is 45.4 Å². The molecule has 1 saturated carbocycles. The van der Waals surface area contributed by atoms with Crippen molar-refractivity contribution in [2.45, 2.75) is 51.0 Å².